The highest BCUT2D eigenvalue weighted by Crippen LogP contribution is 2.24. The van der Waals surface area contributed by atoms with Crippen LogP contribution in [0.5, 0.6) is 0 Å². The smallest absolute Gasteiger partial charge is 0.253 e. The third kappa shape index (κ3) is 4.35. The minimum atomic E-state index is -0.439. The van der Waals surface area contributed by atoms with Crippen molar-refractivity contribution in [2.45, 2.75) is 33.7 Å². The van der Waals surface area contributed by atoms with E-state index in [0.717, 1.165) is 17.0 Å². The molecule has 1 atom stereocenters. The van der Waals surface area contributed by atoms with Gasteiger partial charge in [-0.05, 0) is 50.1 Å². The Bertz CT molecular complexity index is 1180. The third-order valence-corrected chi connectivity index (χ3v) is 4.84. The molecule has 4 aromatic rings. The Morgan fingerprint density at radius 3 is 2.52 bits per heavy atom. The second kappa shape index (κ2) is 8.47. The summed E-state index contributed by atoms with van der Waals surface area (Å²) in [6.07, 6.45) is 4.86. The number of pyridine rings is 2. The first-order chi connectivity index (χ1) is 14.9. The van der Waals surface area contributed by atoms with Crippen molar-refractivity contribution in [3.05, 3.63) is 71.8 Å². The van der Waals surface area contributed by atoms with Crippen molar-refractivity contribution in [2.24, 2.45) is 5.92 Å². The first kappa shape index (κ1) is 20.4. The molecule has 0 radical (unpaired) electrons. The number of carbonyl (C=O) groups excluding carboxylic acids is 1. The summed E-state index contributed by atoms with van der Waals surface area (Å²) >= 11 is 0. The Morgan fingerprint density at radius 2 is 1.90 bits per heavy atom. The number of rotatable bonds is 6. The average Bonchev–Trinajstić information content (AvgIpc) is 3.38. The molecule has 0 saturated carbocycles. The average molecular weight is 417 g/mol. The molecular formula is C22H23N7O2. The lowest BCUT2D eigenvalue weighted by Gasteiger charge is -2.18. The fraction of sp³-hybridized carbons (Fsp3) is 0.273. The summed E-state index contributed by atoms with van der Waals surface area (Å²) in [7, 11) is 0. The highest BCUT2D eigenvalue weighted by molar-refractivity contribution is 5.94. The van der Waals surface area contributed by atoms with Gasteiger partial charge in [0.25, 0.3) is 5.91 Å². The van der Waals surface area contributed by atoms with E-state index in [1.807, 2.05) is 33.8 Å². The third-order valence-electron chi connectivity index (χ3n) is 4.84. The van der Waals surface area contributed by atoms with Crippen molar-refractivity contribution < 1.29 is 9.32 Å². The minimum absolute atomic E-state index is 0.0385. The van der Waals surface area contributed by atoms with Crippen molar-refractivity contribution in [2.75, 3.05) is 0 Å². The van der Waals surface area contributed by atoms with Crippen LogP contribution in [0.25, 0.3) is 17.2 Å². The minimum Gasteiger partial charge on any atom is -0.340 e. The Hall–Kier alpha value is -3.88. The molecular weight excluding hydrogens is 394 g/mol. The van der Waals surface area contributed by atoms with Crippen LogP contribution < -0.4 is 5.32 Å². The molecule has 0 spiro atoms. The molecule has 0 fully saturated rings. The Labute approximate surface area is 179 Å². The zero-order valence-electron chi connectivity index (χ0n) is 17.8. The molecule has 1 N–H and O–H groups in total. The van der Waals surface area contributed by atoms with Crippen LogP contribution in [0.1, 0.15) is 47.5 Å². The fourth-order valence-corrected chi connectivity index (χ4v) is 3.22. The standard InChI is InChI=1S/C22H23N7O2/c1-13(2)19(22-26-20(28-31-22)16-7-9-23-10-8-16)25-21(30)17-5-6-18(24-12-17)29-15(4)11-14(3)27-29/h5-13,19H,1-4H3,(H,25,30). The Balaban J connectivity index is 1.52. The summed E-state index contributed by atoms with van der Waals surface area (Å²) in [6, 6.07) is 8.63. The van der Waals surface area contributed by atoms with E-state index >= 15 is 0 Å². The second-order valence-electron chi connectivity index (χ2n) is 7.63. The first-order valence-corrected chi connectivity index (χ1v) is 9.97. The zero-order chi connectivity index (χ0) is 22.0. The van der Waals surface area contributed by atoms with Crippen molar-refractivity contribution in [1.29, 1.82) is 0 Å². The van der Waals surface area contributed by atoms with Gasteiger partial charge in [-0.3, -0.25) is 9.78 Å². The maximum atomic E-state index is 12.9. The summed E-state index contributed by atoms with van der Waals surface area (Å²) in [5, 5.41) is 11.4. The highest BCUT2D eigenvalue weighted by Gasteiger charge is 2.25. The molecule has 9 nitrogen and oxygen atoms in total. The van der Waals surface area contributed by atoms with E-state index < -0.39 is 6.04 Å². The molecule has 1 amide bonds. The SMILES string of the molecule is Cc1cc(C)n(-c2ccc(C(=O)NC(c3nc(-c4ccncc4)no3)C(C)C)cn2)n1. The highest BCUT2D eigenvalue weighted by atomic mass is 16.5. The van der Waals surface area contributed by atoms with Gasteiger partial charge in [0.2, 0.25) is 11.7 Å². The van der Waals surface area contributed by atoms with Crippen molar-refractivity contribution in [3.63, 3.8) is 0 Å². The van der Waals surface area contributed by atoms with Gasteiger partial charge in [-0.2, -0.15) is 10.1 Å². The maximum absolute atomic E-state index is 12.9. The largest absolute Gasteiger partial charge is 0.340 e. The van der Waals surface area contributed by atoms with Gasteiger partial charge in [0.05, 0.1) is 11.3 Å². The van der Waals surface area contributed by atoms with Crippen LogP contribution in [-0.2, 0) is 0 Å². The zero-order valence-corrected chi connectivity index (χ0v) is 17.8. The lowest BCUT2D eigenvalue weighted by atomic mass is 10.0. The van der Waals surface area contributed by atoms with E-state index in [-0.39, 0.29) is 11.8 Å². The maximum Gasteiger partial charge on any atom is 0.253 e. The van der Waals surface area contributed by atoms with Gasteiger partial charge in [0.1, 0.15) is 6.04 Å². The summed E-state index contributed by atoms with van der Waals surface area (Å²) < 4.78 is 7.19. The van der Waals surface area contributed by atoms with Crippen LogP contribution in [0.3, 0.4) is 0 Å². The van der Waals surface area contributed by atoms with E-state index in [9.17, 15) is 4.79 Å². The number of amides is 1. The molecule has 4 heterocycles. The number of aromatic nitrogens is 6. The predicted octanol–water partition coefficient (Wildman–Crippen LogP) is 3.46. The second-order valence-corrected chi connectivity index (χ2v) is 7.63. The summed E-state index contributed by atoms with van der Waals surface area (Å²) in [5.74, 6) is 1.23. The van der Waals surface area contributed by atoms with Crippen LogP contribution >= 0.6 is 0 Å². The van der Waals surface area contributed by atoms with Crippen molar-refractivity contribution >= 4 is 5.91 Å². The Morgan fingerprint density at radius 1 is 1.13 bits per heavy atom. The van der Waals surface area contributed by atoms with Gasteiger partial charge < -0.3 is 9.84 Å². The monoisotopic (exact) mass is 417 g/mol. The number of aryl methyl sites for hydroxylation is 2. The van der Waals surface area contributed by atoms with E-state index in [4.69, 9.17) is 4.52 Å². The van der Waals surface area contributed by atoms with Crippen molar-refractivity contribution in [1.82, 2.24) is 35.2 Å². The predicted molar refractivity (Wildman–Crippen MR) is 113 cm³/mol. The molecule has 0 aliphatic carbocycles. The molecule has 1 unspecified atom stereocenters. The van der Waals surface area contributed by atoms with Crippen LogP contribution in [0.4, 0.5) is 0 Å². The molecule has 31 heavy (non-hydrogen) atoms. The molecule has 0 aliphatic heterocycles. The first-order valence-electron chi connectivity index (χ1n) is 9.97. The number of hydrogen-bond donors (Lipinski definition) is 1. The van der Waals surface area contributed by atoms with Crippen molar-refractivity contribution in [3.8, 4) is 17.2 Å². The molecule has 0 bridgehead atoms. The Kier molecular flexibility index (Phi) is 5.57. The summed E-state index contributed by atoms with van der Waals surface area (Å²) in [6.45, 7) is 7.84. The molecule has 4 aromatic heterocycles. The molecule has 4 rings (SSSR count). The quantitative estimate of drug-likeness (QED) is 0.511. The van der Waals surface area contributed by atoms with Crippen LogP contribution in [0.2, 0.25) is 0 Å². The molecule has 0 aromatic carbocycles. The van der Waals surface area contributed by atoms with Gasteiger partial charge in [-0.15, -0.1) is 0 Å². The van der Waals surface area contributed by atoms with E-state index in [1.165, 1.54) is 6.20 Å². The number of nitrogens with zero attached hydrogens (tertiary/aromatic N) is 6. The topological polar surface area (TPSA) is 112 Å². The number of nitrogens with one attached hydrogen (secondary N) is 1. The number of carbonyl (C=O) groups is 1. The van der Waals surface area contributed by atoms with Gasteiger partial charge in [0.15, 0.2) is 5.82 Å². The number of hydrogen-bond acceptors (Lipinski definition) is 7. The lowest BCUT2D eigenvalue weighted by molar-refractivity contribution is 0.0913. The summed E-state index contributed by atoms with van der Waals surface area (Å²) in [4.78, 5) is 25.7. The molecule has 0 saturated heterocycles. The van der Waals surface area contributed by atoms with Gasteiger partial charge in [-0.25, -0.2) is 9.67 Å². The van der Waals surface area contributed by atoms with Gasteiger partial charge >= 0.3 is 0 Å². The molecule has 0 aliphatic rings. The molecule has 9 heteroatoms. The van der Waals surface area contributed by atoms with Gasteiger partial charge in [-0.1, -0.05) is 19.0 Å². The van der Waals surface area contributed by atoms with Crippen LogP contribution in [0.15, 0.2) is 53.4 Å². The fourth-order valence-electron chi connectivity index (χ4n) is 3.22. The summed E-state index contributed by atoms with van der Waals surface area (Å²) in [5.41, 5.74) is 3.11. The molecule has 158 valence electrons. The van der Waals surface area contributed by atoms with Crippen LogP contribution in [-0.4, -0.2) is 35.8 Å². The van der Waals surface area contributed by atoms with Gasteiger partial charge in [0, 0.05) is 29.8 Å². The van der Waals surface area contributed by atoms with E-state index in [0.29, 0.717) is 23.1 Å². The lowest BCUT2D eigenvalue weighted by Crippen LogP contribution is -2.32. The van der Waals surface area contributed by atoms with E-state index in [2.05, 4.69) is 30.5 Å². The van der Waals surface area contributed by atoms with Crippen LogP contribution in [0, 0.1) is 19.8 Å². The normalized spacial score (nSPS) is 12.2. The van der Waals surface area contributed by atoms with E-state index in [1.54, 1.807) is 41.3 Å².